The van der Waals surface area contributed by atoms with Gasteiger partial charge in [0.15, 0.2) is 15.2 Å². The molecule has 3 rings (SSSR count). The van der Waals surface area contributed by atoms with Crippen molar-refractivity contribution in [3.8, 4) is 0 Å². The summed E-state index contributed by atoms with van der Waals surface area (Å²) in [6, 6.07) is 5.55. The number of ether oxygens (including phenoxy) is 1. The maximum Gasteiger partial charge on any atom is 0.355 e. The predicted octanol–water partition coefficient (Wildman–Crippen LogP) is 2.41. The van der Waals surface area contributed by atoms with Crippen LogP contribution in [0.25, 0.3) is 6.08 Å². The molecule has 1 fully saturated rings. The number of carbonyl (C=O) groups excluding carboxylic acids is 2. The summed E-state index contributed by atoms with van der Waals surface area (Å²) in [5.41, 5.74) is -0.498. The first-order chi connectivity index (χ1) is 13.8. The number of rotatable bonds is 4. The second kappa shape index (κ2) is 7.51. The van der Waals surface area contributed by atoms with Crippen molar-refractivity contribution in [2.45, 2.75) is 37.1 Å². The number of halogens is 1. The van der Waals surface area contributed by atoms with Gasteiger partial charge < -0.3 is 4.74 Å². The summed E-state index contributed by atoms with van der Waals surface area (Å²) in [7, 11) is -3.82. The molecule has 0 spiro atoms. The summed E-state index contributed by atoms with van der Waals surface area (Å²) in [5, 5.41) is 8.19. The van der Waals surface area contributed by atoms with Crippen LogP contribution in [0.3, 0.4) is 0 Å². The summed E-state index contributed by atoms with van der Waals surface area (Å²) in [4.78, 5) is 36.2. The highest BCUT2D eigenvalue weighted by Gasteiger charge is 2.59. The Morgan fingerprint density at radius 3 is 2.40 bits per heavy atom. The molecule has 9 nitrogen and oxygen atoms in total. The number of allylic oxidation sites excluding steroid dienone is 1. The second-order valence-electron chi connectivity index (χ2n) is 7.87. The second-order valence-corrected chi connectivity index (χ2v) is 10.4. The number of hydrogen-bond donors (Lipinski definition) is 0. The SMILES string of the molecule is CC(C)(C)OC(=O)C1=C(/C=C/c2ccc([N+](=O)[O-])cc2)CS(=O)(=O)[C@@H]2[C@@H](Cl)C(=O)N12. The van der Waals surface area contributed by atoms with E-state index in [9.17, 15) is 28.1 Å². The lowest BCUT2D eigenvalue weighted by Crippen LogP contribution is -2.68. The van der Waals surface area contributed by atoms with Gasteiger partial charge in [0.1, 0.15) is 16.7 Å². The molecule has 0 radical (unpaired) electrons. The first-order valence-electron chi connectivity index (χ1n) is 8.89. The van der Waals surface area contributed by atoms with Gasteiger partial charge in [-0.05, 0) is 44.0 Å². The van der Waals surface area contributed by atoms with Crippen molar-refractivity contribution in [2.75, 3.05) is 5.75 Å². The first kappa shape index (κ1) is 22.0. The van der Waals surface area contributed by atoms with Crippen molar-refractivity contribution in [1.82, 2.24) is 4.90 Å². The lowest BCUT2D eigenvalue weighted by Gasteiger charge is -2.47. The number of benzene rings is 1. The minimum absolute atomic E-state index is 0.0794. The smallest absolute Gasteiger partial charge is 0.355 e. The average molecular weight is 455 g/mol. The average Bonchev–Trinajstić information content (AvgIpc) is 2.63. The molecule has 2 heterocycles. The number of β-lactam (4-membered cyclic amide) rings is 1. The van der Waals surface area contributed by atoms with Crippen LogP contribution < -0.4 is 0 Å². The number of carbonyl (C=O) groups is 2. The number of esters is 1. The Bertz CT molecular complexity index is 1080. The number of nitro benzene ring substituents is 1. The normalized spacial score (nSPS) is 23.2. The van der Waals surface area contributed by atoms with Crippen LogP contribution in [0.1, 0.15) is 26.3 Å². The largest absolute Gasteiger partial charge is 0.455 e. The standard InChI is InChI=1S/C19H19ClN2O7S/c1-19(2,3)29-18(24)15-12(7-4-11-5-8-13(9-6-11)22(25)26)10-30(27,28)17-14(20)16(23)21(15)17/h4-9,14,17H,10H2,1-3H3/b7-4+/t14-,17+/m0/s1. The zero-order chi connectivity index (χ0) is 22.4. The highest BCUT2D eigenvalue weighted by atomic mass is 35.5. The number of sulfone groups is 1. The highest BCUT2D eigenvalue weighted by Crippen LogP contribution is 2.40. The number of nitro groups is 1. The van der Waals surface area contributed by atoms with E-state index in [-0.39, 0.29) is 17.0 Å². The fraction of sp³-hybridized carbons (Fsp3) is 0.368. The minimum atomic E-state index is -3.82. The molecule has 160 valence electrons. The summed E-state index contributed by atoms with van der Waals surface area (Å²) in [5.74, 6) is -2.02. The zero-order valence-corrected chi connectivity index (χ0v) is 17.9. The Labute approximate surface area is 178 Å². The van der Waals surface area contributed by atoms with Crippen molar-refractivity contribution in [3.63, 3.8) is 0 Å². The topological polar surface area (TPSA) is 124 Å². The van der Waals surface area contributed by atoms with E-state index in [1.165, 1.54) is 36.4 Å². The van der Waals surface area contributed by atoms with Crippen LogP contribution >= 0.6 is 11.6 Å². The molecule has 0 saturated carbocycles. The highest BCUT2D eigenvalue weighted by molar-refractivity contribution is 7.92. The number of non-ortho nitro benzene ring substituents is 1. The molecule has 2 aliphatic rings. The maximum atomic E-state index is 12.8. The number of nitrogens with zero attached hydrogens (tertiary/aromatic N) is 2. The molecule has 0 aromatic heterocycles. The number of hydrogen-bond acceptors (Lipinski definition) is 7. The van der Waals surface area contributed by atoms with Gasteiger partial charge in [-0.25, -0.2) is 13.2 Å². The van der Waals surface area contributed by atoms with Crippen LogP contribution in [-0.2, 0) is 24.2 Å². The van der Waals surface area contributed by atoms with Crippen molar-refractivity contribution >= 4 is 45.1 Å². The van der Waals surface area contributed by atoms with Gasteiger partial charge in [0, 0.05) is 12.1 Å². The van der Waals surface area contributed by atoms with Crippen LogP contribution in [0.5, 0.6) is 0 Å². The van der Waals surface area contributed by atoms with E-state index in [1.54, 1.807) is 20.8 Å². The van der Waals surface area contributed by atoms with E-state index in [4.69, 9.17) is 16.3 Å². The third-order valence-corrected chi connectivity index (χ3v) is 6.93. The fourth-order valence-electron chi connectivity index (χ4n) is 3.12. The van der Waals surface area contributed by atoms with Crippen molar-refractivity contribution in [1.29, 1.82) is 0 Å². The van der Waals surface area contributed by atoms with Crippen molar-refractivity contribution in [2.24, 2.45) is 0 Å². The van der Waals surface area contributed by atoms with Gasteiger partial charge in [0.2, 0.25) is 5.91 Å². The molecule has 0 bridgehead atoms. The Balaban J connectivity index is 2.04. The Morgan fingerprint density at radius 2 is 1.87 bits per heavy atom. The van der Waals surface area contributed by atoms with E-state index in [2.05, 4.69) is 0 Å². The molecule has 1 aromatic rings. The molecular weight excluding hydrogens is 436 g/mol. The molecular formula is C19H19ClN2O7S. The molecule has 0 aliphatic carbocycles. The van der Waals surface area contributed by atoms with Crippen LogP contribution in [0.2, 0.25) is 0 Å². The Hall–Kier alpha value is -2.72. The Kier molecular flexibility index (Phi) is 5.50. The Morgan fingerprint density at radius 1 is 1.27 bits per heavy atom. The first-order valence-corrected chi connectivity index (χ1v) is 11.0. The summed E-state index contributed by atoms with van der Waals surface area (Å²) >= 11 is 5.90. The maximum absolute atomic E-state index is 12.8. The van der Waals surface area contributed by atoms with Gasteiger partial charge in [-0.3, -0.25) is 19.8 Å². The van der Waals surface area contributed by atoms with Gasteiger partial charge in [0.05, 0.1) is 10.7 Å². The molecule has 1 saturated heterocycles. The molecule has 0 unspecified atom stereocenters. The third kappa shape index (κ3) is 4.10. The van der Waals surface area contributed by atoms with Crippen LogP contribution in [0.4, 0.5) is 5.69 Å². The molecule has 2 atom stereocenters. The quantitative estimate of drug-likeness (QED) is 0.225. The molecule has 30 heavy (non-hydrogen) atoms. The molecule has 11 heteroatoms. The molecule has 2 aliphatic heterocycles. The van der Waals surface area contributed by atoms with Crippen molar-refractivity contribution in [3.05, 3.63) is 57.3 Å². The summed E-state index contributed by atoms with van der Waals surface area (Å²) < 4.78 is 30.6. The summed E-state index contributed by atoms with van der Waals surface area (Å²) in [6.45, 7) is 4.95. The van der Waals surface area contributed by atoms with Gasteiger partial charge in [-0.15, -0.1) is 11.6 Å². The molecule has 1 aromatic carbocycles. The van der Waals surface area contributed by atoms with Gasteiger partial charge in [0.25, 0.3) is 5.69 Å². The third-order valence-electron chi connectivity index (χ3n) is 4.42. The zero-order valence-electron chi connectivity index (χ0n) is 16.4. The van der Waals surface area contributed by atoms with E-state index < -0.39 is 48.7 Å². The number of alkyl halides is 1. The van der Waals surface area contributed by atoms with Gasteiger partial charge in [-0.1, -0.05) is 12.2 Å². The summed E-state index contributed by atoms with van der Waals surface area (Å²) in [6.07, 6.45) is 2.89. The predicted molar refractivity (Wildman–Crippen MR) is 109 cm³/mol. The molecule has 1 amide bonds. The van der Waals surface area contributed by atoms with E-state index >= 15 is 0 Å². The van der Waals surface area contributed by atoms with Crippen molar-refractivity contribution < 1.29 is 27.7 Å². The van der Waals surface area contributed by atoms with Crippen LogP contribution in [-0.4, -0.2) is 52.2 Å². The van der Waals surface area contributed by atoms with E-state index in [1.807, 2.05) is 0 Å². The fourth-order valence-corrected chi connectivity index (χ4v) is 5.66. The number of amides is 1. The molecule has 0 N–H and O–H groups in total. The van der Waals surface area contributed by atoms with Crippen LogP contribution in [0, 0.1) is 10.1 Å². The van der Waals surface area contributed by atoms with Gasteiger partial charge in [-0.2, -0.15) is 0 Å². The monoisotopic (exact) mass is 454 g/mol. The minimum Gasteiger partial charge on any atom is -0.455 e. The lowest BCUT2D eigenvalue weighted by molar-refractivity contribution is -0.384. The van der Waals surface area contributed by atoms with Gasteiger partial charge >= 0.3 is 5.97 Å². The van der Waals surface area contributed by atoms with E-state index in [0.717, 1.165) is 4.90 Å². The lowest BCUT2D eigenvalue weighted by atomic mass is 10.1. The number of fused-ring (bicyclic) bond motifs is 1. The van der Waals surface area contributed by atoms with E-state index in [0.29, 0.717) is 5.56 Å². The van der Waals surface area contributed by atoms with Crippen LogP contribution in [0.15, 0.2) is 41.6 Å².